The molecule has 2 aromatic carbocycles. The Balaban J connectivity index is 1.82. The maximum Gasteiger partial charge on any atom is 0.255 e. The third kappa shape index (κ3) is 2.79. The molecular weight excluding hydrogens is 280 g/mol. The van der Waals surface area contributed by atoms with E-state index in [2.05, 4.69) is 10.6 Å². The summed E-state index contributed by atoms with van der Waals surface area (Å²) in [6.45, 7) is 0.654. The minimum Gasteiger partial charge on any atom is -0.497 e. The van der Waals surface area contributed by atoms with E-state index in [4.69, 9.17) is 4.74 Å². The van der Waals surface area contributed by atoms with Gasteiger partial charge in [0.15, 0.2) is 0 Å². The van der Waals surface area contributed by atoms with Gasteiger partial charge in [0.25, 0.3) is 11.8 Å². The van der Waals surface area contributed by atoms with Crippen molar-refractivity contribution in [2.45, 2.75) is 6.42 Å². The quantitative estimate of drug-likeness (QED) is 0.912. The summed E-state index contributed by atoms with van der Waals surface area (Å²) < 4.78 is 5.11. The van der Waals surface area contributed by atoms with Crippen molar-refractivity contribution in [1.82, 2.24) is 5.32 Å². The summed E-state index contributed by atoms with van der Waals surface area (Å²) in [6, 6.07) is 12.3. The molecule has 0 spiro atoms. The number of nitrogens with one attached hydrogen (secondary N) is 2. The second-order valence-electron chi connectivity index (χ2n) is 5.06. The first kappa shape index (κ1) is 14.1. The van der Waals surface area contributed by atoms with Crippen LogP contribution in [0.25, 0.3) is 0 Å². The van der Waals surface area contributed by atoms with Gasteiger partial charge in [0, 0.05) is 23.4 Å². The molecule has 1 aliphatic heterocycles. The zero-order chi connectivity index (χ0) is 15.5. The van der Waals surface area contributed by atoms with Gasteiger partial charge >= 0.3 is 0 Å². The Morgan fingerprint density at radius 2 is 2.09 bits per heavy atom. The molecule has 0 saturated carbocycles. The van der Waals surface area contributed by atoms with Gasteiger partial charge in [-0.2, -0.15) is 0 Å². The first-order valence-corrected chi connectivity index (χ1v) is 7.04. The summed E-state index contributed by atoms with van der Waals surface area (Å²) >= 11 is 0. The molecule has 0 bridgehead atoms. The highest BCUT2D eigenvalue weighted by Crippen LogP contribution is 2.20. The molecule has 0 aromatic heterocycles. The normalized spacial score (nSPS) is 13.0. The van der Waals surface area contributed by atoms with E-state index in [9.17, 15) is 9.59 Å². The third-order valence-corrected chi connectivity index (χ3v) is 3.62. The average molecular weight is 296 g/mol. The molecule has 0 radical (unpaired) electrons. The summed E-state index contributed by atoms with van der Waals surface area (Å²) in [7, 11) is 1.55. The van der Waals surface area contributed by atoms with Crippen LogP contribution in [0.15, 0.2) is 42.5 Å². The summed E-state index contributed by atoms with van der Waals surface area (Å²) in [4.78, 5) is 24.1. The monoisotopic (exact) mass is 296 g/mol. The lowest BCUT2D eigenvalue weighted by Gasteiger charge is -2.17. The van der Waals surface area contributed by atoms with Gasteiger partial charge in [-0.3, -0.25) is 9.59 Å². The molecule has 2 amide bonds. The molecule has 112 valence electrons. The number of methoxy groups -OCH3 is 1. The van der Waals surface area contributed by atoms with Crippen LogP contribution < -0.4 is 15.4 Å². The lowest BCUT2D eigenvalue weighted by atomic mass is 10.00. The topological polar surface area (TPSA) is 67.4 Å². The van der Waals surface area contributed by atoms with E-state index < -0.39 is 0 Å². The van der Waals surface area contributed by atoms with Crippen LogP contribution in [0, 0.1) is 0 Å². The first-order valence-electron chi connectivity index (χ1n) is 7.04. The van der Waals surface area contributed by atoms with Crippen molar-refractivity contribution < 1.29 is 14.3 Å². The van der Waals surface area contributed by atoms with Crippen molar-refractivity contribution in [3.8, 4) is 5.75 Å². The summed E-state index contributed by atoms with van der Waals surface area (Å²) in [5.41, 5.74) is 2.72. The molecule has 2 aromatic rings. The van der Waals surface area contributed by atoms with Gasteiger partial charge in [-0.15, -0.1) is 0 Å². The van der Waals surface area contributed by atoms with Crippen LogP contribution in [0.5, 0.6) is 5.75 Å². The lowest BCUT2D eigenvalue weighted by Crippen LogP contribution is -2.31. The fourth-order valence-corrected chi connectivity index (χ4v) is 2.46. The summed E-state index contributed by atoms with van der Waals surface area (Å²) in [5.74, 6) is 0.284. The molecule has 5 heteroatoms. The number of carbonyl (C=O) groups excluding carboxylic acids is 2. The molecule has 3 rings (SSSR count). The lowest BCUT2D eigenvalue weighted by molar-refractivity contribution is 0.0944. The van der Waals surface area contributed by atoms with Crippen LogP contribution in [0.2, 0.25) is 0 Å². The van der Waals surface area contributed by atoms with Crippen molar-refractivity contribution in [3.63, 3.8) is 0 Å². The summed E-state index contributed by atoms with van der Waals surface area (Å²) in [6.07, 6.45) is 0.811. The van der Waals surface area contributed by atoms with Gasteiger partial charge in [0.05, 0.1) is 7.11 Å². The van der Waals surface area contributed by atoms with Gasteiger partial charge < -0.3 is 15.4 Å². The van der Waals surface area contributed by atoms with Crippen molar-refractivity contribution in [2.24, 2.45) is 0 Å². The van der Waals surface area contributed by atoms with Gasteiger partial charge in [-0.05, 0) is 42.3 Å². The second-order valence-corrected chi connectivity index (χ2v) is 5.06. The van der Waals surface area contributed by atoms with Crippen LogP contribution in [0.1, 0.15) is 26.3 Å². The highest BCUT2D eigenvalue weighted by Gasteiger charge is 2.17. The second kappa shape index (κ2) is 5.89. The molecule has 0 atom stereocenters. The van der Waals surface area contributed by atoms with Crippen LogP contribution in [-0.4, -0.2) is 25.5 Å². The SMILES string of the molecule is COc1cccc(C(=O)Nc2ccc3c(c2)C(=O)NCC3)c1. The fourth-order valence-electron chi connectivity index (χ4n) is 2.46. The van der Waals surface area contributed by atoms with E-state index in [0.29, 0.717) is 29.1 Å². The molecule has 0 unspecified atom stereocenters. The minimum absolute atomic E-state index is 0.0984. The Morgan fingerprint density at radius 1 is 1.23 bits per heavy atom. The van der Waals surface area contributed by atoms with Crippen LogP contribution >= 0.6 is 0 Å². The Labute approximate surface area is 128 Å². The van der Waals surface area contributed by atoms with Gasteiger partial charge in [0.1, 0.15) is 5.75 Å². The van der Waals surface area contributed by atoms with Crippen molar-refractivity contribution in [3.05, 3.63) is 59.2 Å². The zero-order valence-corrected chi connectivity index (χ0v) is 12.2. The number of hydrogen-bond donors (Lipinski definition) is 2. The molecule has 22 heavy (non-hydrogen) atoms. The number of carbonyl (C=O) groups is 2. The number of amides is 2. The fraction of sp³-hybridized carbons (Fsp3) is 0.176. The number of rotatable bonds is 3. The highest BCUT2D eigenvalue weighted by atomic mass is 16.5. The summed E-state index contributed by atoms with van der Waals surface area (Å²) in [5, 5.41) is 5.60. The van der Waals surface area contributed by atoms with Gasteiger partial charge in [-0.25, -0.2) is 0 Å². The maximum atomic E-state index is 12.3. The molecule has 1 aliphatic rings. The number of anilines is 1. The zero-order valence-electron chi connectivity index (χ0n) is 12.2. The Bertz CT molecular complexity index is 740. The van der Waals surface area contributed by atoms with Crippen molar-refractivity contribution >= 4 is 17.5 Å². The maximum absolute atomic E-state index is 12.3. The molecular formula is C17H16N2O3. The Morgan fingerprint density at radius 3 is 2.91 bits per heavy atom. The number of fused-ring (bicyclic) bond motifs is 1. The van der Waals surface area contributed by atoms with E-state index in [-0.39, 0.29) is 11.8 Å². The van der Waals surface area contributed by atoms with Crippen LogP contribution in [0.4, 0.5) is 5.69 Å². The van der Waals surface area contributed by atoms with E-state index >= 15 is 0 Å². The minimum atomic E-state index is -0.241. The predicted octanol–water partition coefficient (Wildman–Crippen LogP) is 2.23. The van der Waals surface area contributed by atoms with Gasteiger partial charge in [-0.1, -0.05) is 12.1 Å². The molecule has 0 aliphatic carbocycles. The number of hydrogen-bond acceptors (Lipinski definition) is 3. The van der Waals surface area contributed by atoms with Crippen molar-refractivity contribution in [1.29, 1.82) is 0 Å². The van der Waals surface area contributed by atoms with Gasteiger partial charge in [0.2, 0.25) is 0 Å². The number of ether oxygens (including phenoxy) is 1. The molecule has 0 fully saturated rings. The molecule has 2 N–H and O–H groups in total. The Hall–Kier alpha value is -2.82. The van der Waals surface area contributed by atoms with Crippen LogP contribution in [-0.2, 0) is 6.42 Å². The smallest absolute Gasteiger partial charge is 0.255 e. The van der Waals surface area contributed by atoms with Crippen LogP contribution in [0.3, 0.4) is 0 Å². The standard InChI is InChI=1S/C17H16N2O3/c1-22-14-4-2-3-12(9-14)16(20)19-13-6-5-11-7-8-18-17(21)15(11)10-13/h2-6,9-10H,7-8H2,1H3,(H,18,21)(H,19,20). The first-order chi connectivity index (χ1) is 10.7. The van der Waals surface area contributed by atoms with E-state index in [0.717, 1.165) is 12.0 Å². The van der Waals surface area contributed by atoms with E-state index in [1.807, 2.05) is 12.1 Å². The largest absolute Gasteiger partial charge is 0.497 e. The Kier molecular flexibility index (Phi) is 3.78. The molecule has 1 heterocycles. The highest BCUT2D eigenvalue weighted by molar-refractivity contribution is 6.05. The molecule has 0 saturated heterocycles. The number of benzene rings is 2. The van der Waals surface area contributed by atoms with Crippen molar-refractivity contribution in [2.75, 3.05) is 19.0 Å². The van der Waals surface area contributed by atoms with E-state index in [1.54, 1.807) is 37.4 Å². The predicted molar refractivity (Wildman–Crippen MR) is 83.4 cm³/mol. The van der Waals surface area contributed by atoms with E-state index in [1.165, 1.54) is 0 Å². The molecule has 5 nitrogen and oxygen atoms in total. The average Bonchev–Trinajstić information content (AvgIpc) is 2.55. The third-order valence-electron chi connectivity index (χ3n) is 3.62.